The first-order chi connectivity index (χ1) is 9.93. The molecule has 4 N–H and O–H groups in total. The molecule has 0 spiro atoms. The molecule has 0 aliphatic heterocycles. The van der Waals surface area contributed by atoms with Gasteiger partial charge in [-0.05, 0) is 43.7 Å². The SMILES string of the molecule is CC1CCC(NC(=O)Nc2ccccc2Cl)(C(N)=S)CC1. The largest absolute Gasteiger partial charge is 0.391 e. The predicted octanol–water partition coefficient (Wildman–Crippen LogP) is 3.70. The van der Waals surface area contributed by atoms with Crippen LogP contribution in [0.4, 0.5) is 10.5 Å². The Hall–Kier alpha value is -1.33. The minimum Gasteiger partial charge on any atom is -0.391 e. The highest BCUT2D eigenvalue weighted by Gasteiger charge is 2.38. The van der Waals surface area contributed by atoms with E-state index >= 15 is 0 Å². The van der Waals surface area contributed by atoms with Crippen LogP contribution >= 0.6 is 23.8 Å². The van der Waals surface area contributed by atoms with Gasteiger partial charge < -0.3 is 16.4 Å². The molecule has 1 aliphatic rings. The van der Waals surface area contributed by atoms with E-state index in [0.717, 1.165) is 25.7 Å². The van der Waals surface area contributed by atoms with Crippen LogP contribution < -0.4 is 16.4 Å². The smallest absolute Gasteiger partial charge is 0.320 e. The van der Waals surface area contributed by atoms with Gasteiger partial charge >= 0.3 is 6.03 Å². The molecule has 0 atom stereocenters. The minimum absolute atomic E-state index is 0.328. The van der Waals surface area contributed by atoms with Crippen molar-refractivity contribution in [1.82, 2.24) is 5.32 Å². The van der Waals surface area contributed by atoms with Crippen molar-refractivity contribution in [2.75, 3.05) is 5.32 Å². The number of thiocarbonyl (C=S) groups is 1. The molecule has 0 saturated heterocycles. The second kappa shape index (κ2) is 6.62. The van der Waals surface area contributed by atoms with Crippen LogP contribution in [0.3, 0.4) is 0 Å². The Morgan fingerprint density at radius 1 is 1.38 bits per heavy atom. The molecule has 0 unspecified atom stereocenters. The second-order valence-corrected chi connectivity index (χ2v) is 6.53. The lowest BCUT2D eigenvalue weighted by Gasteiger charge is -2.39. The summed E-state index contributed by atoms with van der Waals surface area (Å²) in [6.07, 6.45) is 3.56. The van der Waals surface area contributed by atoms with E-state index in [2.05, 4.69) is 17.6 Å². The number of benzene rings is 1. The molecule has 1 saturated carbocycles. The molecule has 114 valence electrons. The lowest BCUT2D eigenvalue weighted by molar-refractivity contribution is 0.227. The van der Waals surface area contributed by atoms with Gasteiger partial charge in [-0.2, -0.15) is 0 Å². The molecule has 2 amide bonds. The van der Waals surface area contributed by atoms with Gasteiger partial charge in [-0.1, -0.05) is 42.9 Å². The molecule has 1 aliphatic carbocycles. The summed E-state index contributed by atoms with van der Waals surface area (Å²) in [6, 6.07) is 6.77. The van der Waals surface area contributed by atoms with E-state index in [4.69, 9.17) is 29.6 Å². The van der Waals surface area contributed by atoms with Gasteiger partial charge in [-0.25, -0.2) is 4.79 Å². The van der Waals surface area contributed by atoms with Crippen molar-refractivity contribution < 1.29 is 4.79 Å². The van der Waals surface area contributed by atoms with Gasteiger partial charge in [0, 0.05) is 0 Å². The van der Waals surface area contributed by atoms with Crippen LogP contribution in [0.25, 0.3) is 0 Å². The molecule has 4 nitrogen and oxygen atoms in total. The maximum Gasteiger partial charge on any atom is 0.320 e. The third kappa shape index (κ3) is 3.86. The Balaban J connectivity index is 2.06. The zero-order chi connectivity index (χ0) is 15.5. The number of para-hydroxylation sites is 1. The van der Waals surface area contributed by atoms with Gasteiger partial charge in [-0.3, -0.25) is 0 Å². The minimum atomic E-state index is -0.590. The Bertz CT molecular complexity index is 541. The number of carbonyl (C=O) groups excluding carboxylic acids is 1. The number of hydrogen-bond acceptors (Lipinski definition) is 2. The molecule has 0 heterocycles. The monoisotopic (exact) mass is 325 g/mol. The molecule has 0 bridgehead atoms. The van der Waals surface area contributed by atoms with E-state index in [1.807, 2.05) is 12.1 Å². The van der Waals surface area contributed by atoms with E-state index in [-0.39, 0.29) is 6.03 Å². The highest BCUT2D eigenvalue weighted by Crippen LogP contribution is 2.32. The van der Waals surface area contributed by atoms with Crippen LogP contribution in [0.15, 0.2) is 24.3 Å². The van der Waals surface area contributed by atoms with Crippen LogP contribution in [0.2, 0.25) is 5.02 Å². The van der Waals surface area contributed by atoms with Crippen LogP contribution in [-0.4, -0.2) is 16.6 Å². The Morgan fingerprint density at radius 2 is 2.00 bits per heavy atom. The van der Waals surface area contributed by atoms with Crippen molar-refractivity contribution in [3.8, 4) is 0 Å². The summed E-state index contributed by atoms with van der Waals surface area (Å²) >= 11 is 11.2. The number of hydrogen-bond donors (Lipinski definition) is 3. The van der Waals surface area contributed by atoms with E-state index in [1.165, 1.54) is 0 Å². The number of rotatable bonds is 3. The molecule has 0 radical (unpaired) electrons. The number of carbonyl (C=O) groups is 1. The molecular weight excluding hydrogens is 306 g/mol. The summed E-state index contributed by atoms with van der Waals surface area (Å²) in [5, 5.41) is 6.20. The lowest BCUT2D eigenvalue weighted by atomic mass is 9.77. The average molecular weight is 326 g/mol. The zero-order valence-corrected chi connectivity index (χ0v) is 13.6. The van der Waals surface area contributed by atoms with Gasteiger partial charge in [-0.15, -0.1) is 0 Å². The van der Waals surface area contributed by atoms with Crippen molar-refractivity contribution in [2.45, 2.75) is 38.1 Å². The highest BCUT2D eigenvalue weighted by molar-refractivity contribution is 7.80. The van der Waals surface area contributed by atoms with E-state index < -0.39 is 5.54 Å². The fourth-order valence-corrected chi connectivity index (χ4v) is 3.06. The van der Waals surface area contributed by atoms with E-state index in [9.17, 15) is 4.79 Å². The Labute approximate surface area is 135 Å². The normalized spacial score (nSPS) is 25.1. The molecule has 0 aromatic heterocycles. The van der Waals surface area contributed by atoms with Gasteiger partial charge in [0.1, 0.15) is 0 Å². The number of urea groups is 1. The number of nitrogens with one attached hydrogen (secondary N) is 2. The second-order valence-electron chi connectivity index (χ2n) is 5.69. The first kappa shape index (κ1) is 16.0. The molecule has 1 aromatic rings. The molecule has 1 fully saturated rings. The van der Waals surface area contributed by atoms with Crippen molar-refractivity contribution >= 4 is 40.5 Å². The molecular formula is C15H20ClN3OS. The Kier molecular flexibility index (Phi) is 5.06. The first-order valence-corrected chi connectivity index (χ1v) is 7.85. The van der Waals surface area contributed by atoms with Crippen molar-refractivity contribution in [1.29, 1.82) is 0 Å². The topological polar surface area (TPSA) is 67.2 Å². The van der Waals surface area contributed by atoms with Crippen LogP contribution in [0, 0.1) is 5.92 Å². The third-order valence-electron chi connectivity index (χ3n) is 4.07. The molecule has 21 heavy (non-hydrogen) atoms. The Morgan fingerprint density at radius 3 is 2.57 bits per heavy atom. The zero-order valence-electron chi connectivity index (χ0n) is 12.0. The van der Waals surface area contributed by atoms with E-state index in [0.29, 0.717) is 21.6 Å². The fourth-order valence-electron chi connectivity index (χ4n) is 2.62. The number of anilines is 1. The van der Waals surface area contributed by atoms with Crippen LogP contribution in [0.1, 0.15) is 32.6 Å². The summed E-state index contributed by atoms with van der Waals surface area (Å²) in [5.74, 6) is 0.640. The maximum absolute atomic E-state index is 12.2. The first-order valence-electron chi connectivity index (χ1n) is 7.06. The van der Waals surface area contributed by atoms with Gasteiger partial charge in [0.2, 0.25) is 0 Å². The summed E-state index contributed by atoms with van der Waals surface area (Å²) in [6.45, 7) is 2.20. The molecule has 6 heteroatoms. The number of halogens is 1. The van der Waals surface area contributed by atoms with Gasteiger partial charge in [0.05, 0.1) is 21.2 Å². The summed E-state index contributed by atoms with van der Waals surface area (Å²) in [5.41, 5.74) is 5.86. The van der Waals surface area contributed by atoms with Gasteiger partial charge in [0.15, 0.2) is 0 Å². The predicted molar refractivity (Wildman–Crippen MR) is 90.8 cm³/mol. The third-order valence-corrected chi connectivity index (χ3v) is 4.79. The van der Waals surface area contributed by atoms with Crippen molar-refractivity contribution in [2.24, 2.45) is 11.7 Å². The van der Waals surface area contributed by atoms with E-state index in [1.54, 1.807) is 12.1 Å². The maximum atomic E-state index is 12.2. The fraction of sp³-hybridized carbons (Fsp3) is 0.467. The number of amides is 2. The van der Waals surface area contributed by atoms with Crippen LogP contribution in [0.5, 0.6) is 0 Å². The van der Waals surface area contributed by atoms with Crippen LogP contribution in [-0.2, 0) is 0 Å². The molecule has 1 aromatic carbocycles. The lowest BCUT2D eigenvalue weighted by Crippen LogP contribution is -2.59. The summed E-state index contributed by atoms with van der Waals surface area (Å²) < 4.78 is 0. The standard InChI is InChI=1S/C15H20ClN3OS/c1-10-6-8-15(9-7-10,13(17)21)19-14(20)18-12-5-3-2-4-11(12)16/h2-5,10H,6-9H2,1H3,(H2,17,21)(H2,18,19,20). The van der Waals surface area contributed by atoms with Crippen molar-refractivity contribution in [3.05, 3.63) is 29.3 Å². The van der Waals surface area contributed by atoms with Gasteiger partial charge in [0.25, 0.3) is 0 Å². The molecule has 2 rings (SSSR count). The average Bonchev–Trinajstić information content (AvgIpc) is 2.44. The quantitative estimate of drug-likeness (QED) is 0.742. The highest BCUT2D eigenvalue weighted by atomic mass is 35.5. The van der Waals surface area contributed by atoms with Crippen molar-refractivity contribution in [3.63, 3.8) is 0 Å². The summed E-state index contributed by atoms with van der Waals surface area (Å²) in [7, 11) is 0. The summed E-state index contributed by atoms with van der Waals surface area (Å²) in [4.78, 5) is 12.6. The number of nitrogens with two attached hydrogens (primary N) is 1.